The molecule has 1 aromatic rings. The first-order chi connectivity index (χ1) is 9.46. The predicted molar refractivity (Wildman–Crippen MR) is 83.0 cm³/mol. The molecule has 3 heteroatoms. The topological polar surface area (TPSA) is 30.5 Å². The van der Waals surface area contributed by atoms with Gasteiger partial charge in [0.05, 0.1) is 14.2 Å². The molecular weight excluding hydrogens is 250 g/mol. The number of hydrogen-bond donors (Lipinski definition) is 1. The van der Waals surface area contributed by atoms with Gasteiger partial charge in [0.1, 0.15) is 0 Å². The molecule has 0 saturated carbocycles. The van der Waals surface area contributed by atoms with Crippen LogP contribution < -0.4 is 14.8 Å². The molecule has 1 aliphatic carbocycles. The van der Waals surface area contributed by atoms with Crippen molar-refractivity contribution in [1.29, 1.82) is 0 Å². The smallest absolute Gasteiger partial charge is 0.165 e. The van der Waals surface area contributed by atoms with Gasteiger partial charge in [-0.2, -0.15) is 0 Å². The highest BCUT2D eigenvalue weighted by molar-refractivity contribution is 5.60. The zero-order valence-electron chi connectivity index (χ0n) is 13.6. The second-order valence-corrected chi connectivity index (χ2v) is 6.31. The van der Waals surface area contributed by atoms with Crippen molar-refractivity contribution in [2.75, 3.05) is 20.8 Å². The molecule has 20 heavy (non-hydrogen) atoms. The summed E-state index contributed by atoms with van der Waals surface area (Å²) in [5.74, 6) is 1.73. The third kappa shape index (κ3) is 2.39. The summed E-state index contributed by atoms with van der Waals surface area (Å²) in [7, 11) is 3.44. The molecule has 0 aromatic heterocycles. The van der Waals surface area contributed by atoms with Gasteiger partial charge in [0.15, 0.2) is 11.5 Å². The summed E-state index contributed by atoms with van der Waals surface area (Å²) in [5.41, 5.74) is 4.18. The van der Waals surface area contributed by atoms with Gasteiger partial charge >= 0.3 is 0 Å². The van der Waals surface area contributed by atoms with E-state index in [2.05, 4.69) is 39.1 Å². The van der Waals surface area contributed by atoms with Crippen molar-refractivity contribution >= 4 is 0 Å². The van der Waals surface area contributed by atoms with Crippen LogP contribution in [0.5, 0.6) is 11.5 Å². The minimum Gasteiger partial charge on any atom is -0.493 e. The Morgan fingerprint density at radius 2 is 2.00 bits per heavy atom. The molecule has 1 unspecified atom stereocenters. The van der Waals surface area contributed by atoms with Gasteiger partial charge in [-0.05, 0) is 48.9 Å². The van der Waals surface area contributed by atoms with E-state index >= 15 is 0 Å². The van der Waals surface area contributed by atoms with Gasteiger partial charge < -0.3 is 14.8 Å². The fourth-order valence-electron chi connectivity index (χ4n) is 3.59. The predicted octanol–water partition coefficient (Wildman–Crippen LogP) is 3.73. The Morgan fingerprint density at radius 1 is 1.30 bits per heavy atom. The minimum absolute atomic E-state index is 0.171. The van der Waals surface area contributed by atoms with Crippen molar-refractivity contribution in [3.8, 4) is 11.5 Å². The Hall–Kier alpha value is -1.22. The normalized spacial score (nSPS) is 19.8. The van der Waals surface area contributed by atoms with E-state index in [1.165, 1.54) is 16.7 Å². The van der Waals surface area contributed by atoms with E-state index < -0.39 is 0 Å². The highest BCUT2D eigenvalue weighted by Crippen LogP contribution is 2.52. The van der Waals surface area contributed by atoms with Gasteiger partial charge in [0.2, 0.25) is 0 Å². The minimum atomic E-state index is 0.171. The van der Waals surface area contributed by atoms with Crippen LogP contribution >= 0.6 is 0 Å². The zero-order valence-corrected chi connectivity index (χ0v) is 13.6. The Labute approximate surface area is 122 Å². The zero-order chi connectivity index (χ0) is 14.9. The fourth-order valence-corrected chi connectivity index (χ4v) is 3.59. The number of fused-ring (bicyclic) bond motifs is 1. The Morgan fingerprint density at radius 3 is 2.55 bits per heavy atom. The first kappa shape index (κ1) is 15.2. The SMILES string of the molecule is CCCNC1CC(C)(C)c2c(C)cc(OC)c(OC)c21. The Balaban J connectivity index is 2.59. The summed E-state index contributed by atoms with van der Waals surface area (Å²) in [6.07, 6.45) is 2.24. The highest BCUT2D eigenvalue weighted by atomic mass is 16.5. The standard InChI is InChI=1S/C17H27NO2/c1-7-8-18-12-10-17(3,4)15-11(2)9-13(19-5)16(20-6)14(12)15/h9,12,18H,7-8,10H2,1-6H3. The first-order valence-corrected chi connectivity index (χ1v) is 7.45. The molecule has 0 saturated heterocycles. The third-order valence-electron chi connectivity index (χ3n) is 4.28. The van der Waals surface area contributed by atoms with Crippen LogP contribution in [0.1, 0.15) is 56.3 Å². The molecule has 0 bridgehead atoms. The van der Waals surface area contributed by atoms with Crippen LogP contribution in [0.15, 0.2) is 6.07 Å². The van der Waals surface area contributed by atoms with Crippen LogP contribution in [-0.2, 0) is 5.41 Å². The van der Waals surface area contributed by atoms with Gasteiger partial charge in [0.25, 0.3) is 0 Å². The van der Waals surface area contributed by atoms with E-state index in [1.54, 1.807) is 14.2 Å². The van der Waals surface area contributed by atoms with Crippen LogP contribution in [-0.4, -0.2) is 20.8 Å². The third-order valence-corrected chi connectivity index (χ3v) is 4.28. The number of benzene rings is 1. The second-order valence-electron chi connectivity index (χ2n) is 6.31. The van der Waals surface area contributed by atoms with Crippen molar-refractivity contribution in [2.24, 2.45) is 0 Å². The number of hydrogen-bond acceptors (Lipinski definition) is 3. The molecule has 0 radical (unpaired) electrons. The lowest BCUT2D eigenvalue weighted by atomic mass is 9.83. The summed E-state index contributed by atoms with van der Waals surface area (Å²) >= 11 is 0. The van der Waals surface area contributed by atoms with E-state index in [1.807, 2.05) is 0 Å². The summed E-state index contributed by atoms with van der Waals surface area (Å²) < 4.78 is 11.2. The van der Waals surface area contributed by atoms with Gasteiger partial charge in [-0.15, -0.1) is 0 Å². The van der Waals surface area contributed by atoms with Crippen LogP contribution in [0, 0.1) is 6.92 Å². The average Bonchev–Trinajstić information content (AvgIpc) is 2.68. The largest absolute Gasteiger partial charge is 0.493 e. The summed E-state index contributed by atoms with van der Waals surface area (Å²) in [4.78, 5) is 0. The van der Waals surface area contributed by atoms with Crippen LogP contribution in [0.25, 0.3) is 0 Å². The van der Waals surface area contributed by atoms with Gasteiger partial charge in [-0.1, -0.05) is 20.8 Å². The van der Waals surface area contributed by atoms with E-state index in [-0.39, 0.29) is 5.41 Å². The molecule has 2 rings (SSSR count). The van der Waals surface area contributed by atoms with E-state index in [9.17, 15) is 0 Å². The van der Waals surface area contributed by atoms with Gasteiger partial charge in [0, 0.05) is 11.6 Å². The number of methoxy groups -OCH3 is 2. The van der Waals surface area contributed by atoms with Crippen molar-refractivity contribution in [2.45, 2.75) is 52.0 Å². The number of nitrogens with one attached hydrogen (secondary N) is 1. The van der Waals surface area contributed by atoms with Crippen LogP contribution in [0.3, 0.4) is 0 Å². The van der Waals surface area contributed by atoms with Crippen molar-refractivity contribution in [3.63, 3.8) is 0 Å². The molecule has 0 spiro atoms. The van der Waals surface area contributed by atoms with E-state index in [4.69, 9.17) is 9.47 Å². The molecule has 112 valence electrons. The quantitative estimate of drug-likeness (QED) is 0.889. The molecule has 3 nitrogen and oxygen atoms in total. The first-order valence-electron chi connectivity index (χ1n) is 7.45. The number of aryl methyl sites for hydroxylation is 1. The van der Waals surface area contributed by atoms with Crippen LogP contribution in [0.2, 0.25) is 0 Å². The average molecular weight is 277 g/mol. The molecule has 1 aliphatic rings. The molecule has 1 aromatic carbocycles. The van der Waals surface area contributed by atoms with E-state index in [0.717, 1.165) is 30.9 Å². The number of rotatable bonds is 5. The Bertz CT molecular complexity index is 494. The molecule has 0 heterocycles. The summed E-state index contributed by atoms with van der Waals surface area (Å²) in [6.45, 7) is 10.0. The van der Waals surface area contributed by atoms with Gasteiger partial charge in [-0.3, -0.25) is 0 Å². The maximum Gasteiger partial charge on any atom is 0.165 e. The summed E-state index contributed by atoms with van der Waals surface area (Å²) in [6, 6.07) is 2.45. The molecule has 1 atom stereocenters. The van der Waals surface area contributed by atoms with Gasteiger partial charge in [-0.25, -0.2) is 0 Å². The fraction of sp³-hybridized carbons (Fsp3) is 0.647. The monoisotopic (exact) mass is 277 g/mol. The maximum atomic E-state index is 5.67. The summed E-state index contributed by atoms with van der Waals surface area (Å²) in [5, 5.41) is 3.66. The molecule has 0 fully saturated rings. The molecular formula is C17H27NO2. The Kier molecular flexibility index (Phi) is 4.28. The lowest BCUT2D eigenvalue weighted by Crippen LogP contribution is -2.22. The van der Waals surface area contributed by atoms with Crippen molar-refractivity contribution in [1.82, 2.24) is 5.32 Å². The maximum absolute atomic E-state index is 5.67. The van der Waals surface area contributed by atoms with Crippen molar-refractivity contribution < 1.29 is 9.47 Å². The lowest BCUT2D eigenvalue weighted by Gasteiger charge is -2.22. The second kappa shape index (κ2) is 5.65. The number of ether oxygens (including phenoxy) is 2. The van der Waals surface area contributed by atoms with E-state index in [0.29, 0.717) is 6.04 Å². The highest BCUT2D eigenvalue weighted by Gasteiger charge is 2.41. The molecule has 0 amide bonds. The molecule has 0 aliphatic heterocycles. The van der Waals surface area contributed by atoms with Crippen LogP contribution in [0.4, 0.5) is 0 Å². The van der Waals surface area contributed by atoms with Crippen molar-refractivity contribution in [3.05, 3.63) is 22.8 Å². The lowest BCUT2D eigenvalue weighted by molar-refractivity contribution is 0.346. The molecule has 1 N–H and O–H groups in total.